The van der Waals surface area contributed by atoms with E-state index >= 15 is 4.39 Å². The molecule has 0 aliphatic carbocycles. The van der Waals surface area contributed by atoms with Crippen LogP contribution in [0.3, 0.4) is 0 Å². The molecule has 0 spiro atoms. The van der Waals surface area contributed by atoms with Gasteiger partial charge in [-0.2, -0.15) is 5.10 Å². The predicted octanol–water partition coefficient (Wildman–Crippen LogP) is 4.28. The smallest absolute Gasteiger partial charge is 0.407 e. The van der Waals surface area contributed by atoms with E-state index in [1.165, 1.54) is 25.4 Å². The fourth-order valence-electron chi connectivity index (χ4n) is 4.05. The lowest BCUT2D eigenvalue weighted by Crippen LogP contribution is -2.38. The first-order valence-electron chi connectivity index (χ1n) is 12.1. The van der Waals surface area contributed by atoms with Crippen molar-refractivity contribution in [3.8, 4) is 22.5 Å². The highest BCUT2D eigenvalue weighted by molar-refractivity contribution is 7.92. The first kappa shape index (κ1) is 28.5. The number of hydrogen-bond acceptors (Lipinski definition) is 8. The Hall–Kier alpha value is -3.49. The molecule has 12 nitrogen and oxygen atoms in total. The van der Waals surface area contributed by atoms with Crippen molar-refractivity contribution in [1.29, 1.82) is 0 Å². The van der Waals surface area contributed by atoms with Gasteiger partial charge in [-0.05, 0) is 44.4 Å². The van der Waals surface area contributed by atoms with E-state index in [1.807, 2.05) is 0 Å². The number of carbonyl (C=O) groups is 1. The van der Waals surface area contributed by atoms with Crippen LogP contribution in [-0.4, -0.2) is 76.8 Å². The van der Waals surface area contributed by atoms with Crippen LogP contribution in [0.5, 0.6) is 0 Å². The van der Waals surface area contributed by atoms with Gasteiger partial charge >= 0.3 is 6.09 Å². The minimum Gasteiger partial charge on any atom is -0.465 e. The van der Waals surface area contributed by atoms with Crippen LogP contribution in [-0.2, 0) is 14.8 Å². The molecular formula is C24H29ClFN7O5S. The molecule has 1 unspecified atom stereocenters. The Kier molecular flexibility index (Phi) is 8.57. The molecule has 0 saturated carbocycles. The van der Waals surface area contributed by atoms with Gasteiger partial charge in [0.2, 0.25) is 16.0 Å². The maximum atomic E-state index is 15.7. The molecular weight excluding hydrogens is 553 g/mol. The van der Waals surface area contributed by atoms with E-state index in [2.05, 4.69) is 25.1 Å². The van der Waals surface area contributed by atoms with Crippen molar-refractivity contribution in [2.45, 2.75) is 38.5 Å². The number of amides is 1. The van der Waals surface area contributed by atoms with Gasteiger partial charge < -0.3 is 20.1 Å². The van der Waals surface area contributed by atoms with Gasteiger partial charge in [-0.1, -0.05) is 11.6 Å². The van der Waals surface area contributed by atoms with Crippen molar-refractivity contribution in [3.63, 3.8) is 0 Å². The highest BCUT2D eigenvalue weighted by Crippen LogP contribution is 2.38. The van der Waals surface area contributed by atoms with Crippen LogP contribution < -0.4 is 10.0 Å². The van der Waals surface area contributed by atoms with Gasteiger partial charge in [-0.3, -0.25) is 4.72 Å². The molecule has 1 aromatic carbocycles. The molecule has 15 heteroatoms. The summed E-state index contributed by atoms with van der Waals surface area (Å²) in [5.74, 6) is -0.615. The summed E-state index contributed by atoms with van der Waals surface area (Å²) < 4.78 is 49.0. The summed E-state index contributed by atoms with van der Waals surface area (Å²) in [5, 5.41) is 16.9. The number of rotatable bonds is 9. The molecule has 1 aliphatic rings. The SMILES string of the molecule is C[C@@H](CNc1nccc(-c2cn(C3CCCCO3)nc2-c2cc(Cl)cc(NS(C)(=O)=O)c2F)n1)N(C)C(=O)O. The number of anilines is 2. The number of benzene rings is 1. The van der Waals surface area contributed by atoms with Crippen LogP contribution >= 0.6 is 11.6 Å². The van der Waals surface area contributed by atoms with Crippen LogP contribution in [0.25, 0.3) is 22.5 Å². The lowest BCUT2D eigenvalue weighted by atomic mass is 10.0. The van der Waals surface area contributed by atoms with Crippen molar-refractivity contribution in [2.24, 2.45) is 0 Å². The third kappa shape index (κ3) is 6.94. The number of sulfonamides is 1. The maximum absolute atomic E-state index is 15.7. The first-order valence-corrected chi connectivity index (χ1v) is 14.4. The number of nitrogens with one attached hydrogen (secondary N) is 2. The number of hydrogen-bond donors (Lipinski definition) is 3. The summed E-state index contributed by atoms with van der Waals surface area (Å²) in [5.41, 5.74) is 0.695. The summed E-state index contributed by atoms with van der Waals surface area (Å²) in [6, 6.07) is 3.82. The molecule has 1 amide bonds. The molecule has 2 atom stereocenters. The zero-order chi connectivity index (χ0) is 28.3. The Labute approximate surface area is 230 Å². The Morgan fingerprint density at radius 2 is 2.13 bits per heavy atom. The summed E-state index contributed by atoms with van der Waals surface area (Å²) in [4.78, 5) is 21.1. The third-order valence-electron chi connectivity index (χ3n) is 6.22. The van der Waals surface area contributed by atoms with Gasteiger partial charge in [0.25, 0.3) is 0 Å². The fourth-order valence-corrected chi connectivity index (χ4v) is 4.82. The van der Waals surface area contributed by atoms with E-state index in [9.17, 15) is 18.3 Å². The largest absolute Gasteiger partial charge is 0.465 e. The average molecular weight is 582 g/mol. The van der Waals surface area contributed by atoms with Crippen molar-refractivity contribution >= 4 is 39.4 Å². The monoisotopic (exact) mass is 581 g/mol. The summed E-state index contributed by atoms with van der Waals surface area (Å²) in [6.07, 6.45) is 5.28. The molecule has 0 radical (unpaired) electrons. The molecule has 2 aromatic heterocycles. The van der Waals surface area contributed by atoms with E-state index < -0.39 is 21.9 Å². The second kappa shape index (κ2) is 11.7. The molecule has 4 rings (SSSR count). The highest BCUT2D eigenvalue weighted by Gasteiger charge is 2.25. The van der Waals surface area contributed by atoms with Gasteiger partial charge in [0.1, 0.15) is 11.9 Å². The van der Waals surface area contributed by atoms with Crippen LogP contribution in [0.4, 0.5) is 20.8 Å². The van der Waals surface area contributed by atoms with Crippen molar-refractivity contribution in [2.75, 3.05) is 36.5 Å². The average Bonchev–Trinajstić information content (AvgIpc) is 3.34. The molecule has 3 aromatic rings. The van der Waals surface area contributed by atoms with Gasteiger partial charge in [-0.15, -0.1) is 0 Å². The molecule has 210 valence electrons. The molecule has 39 heavy (non-hydrogen) atoms. The first-order chi connectivity index (χ1) is 18.4. The molecule has 1 saturated heterocycles. The Bertz CT molecular complexity index is 1460. The van der Waals surface area contributed by atoms with Gasteiger partial charge in [0.05, 0.1) is 17.6 Å². The number of nitrogens with zero attached hydrogens (tertiary/aromatic N) is 5. The van der Waals surface area contributed by atoms with E-state index in [0.717, 1.165) is 24.0 Å². The molecule has 1 aliphatic heterocycles. The highest BCUT2D eigenvalue weighted by atomic mass is 35.5. The molecule has 3 N–H and O–H groups in total. The maximum Gasteiger partial charge on any atom is 0.407 e. The standard InChI is InChI=1S/C24H29ClFN7O5S/c1-14(32(2)24(34)35)12-28-23-27-8-7-18(29-23)17-13-33(20-6-4-5-9-38-20)30-22(17)16-10-15(25)11-19(21(16)26)31-39(3,36)37/h7-8,10-11,13-14,20,31H,4-6,9,12H2,1-3H3,(H,34,35)(H,27,28,29)/t14-,20?/m0/s1. The Balaban J connectivity index is 1.76. The number of likely N-dealkylation sites (N-methyl/N-ethyl adjacent to an activating group) is 1. The van der Waals surface area contributed by atoms with Crippen LogP contribution in [0.1, 0.15) is 32.4 Å². The number of aromatic nitrogens is 4. The van der Waals surface area contributed by atoms with Crippen molar-refractivity contribution < 1.29 is 27.4 Å². The second-order valence-electron chi connectivity index (χ2n) is 9.27. The summed E-state index contributed by atoms with van der Waals surface area (Å²) in [7, 11) is -2.32. The fraction of sp³-hybridized carbons (Fsp3) is 0.417. The van der Waals surface area contributed by atoms with E-state index in [-0.39, 0.29) is 46.7 Å². The Morgan fingerprint density at radius 3 is 2.79 bits per heavy atom. The minimum atomic E-state index is -3.78. The van der Waals surface area contributed by atoms with E-state index in [0.29, 0.717) is 24.3 Å². The van der Waals surface area contributed by atoms with Crippen LogP contribution in [0.2, 0.25) is 5.02 Å². The van der Waals surface area contributed by atoms with Crippen molar-refractivity contribution in [1.82, 2.24) is 24.6 Å². The van der Waals surface area contributed by atoms with Gasteiger partial charge in [0, 0.05) is 54.8 Å². The lowest BCUT2D eigenvalue weighted by molar-refractivity contribution is -0.0393. The quantitative estimate of drug-likeness (QED) is 0.336. The van der Waals surface area contributed by atoms with Crippen LogP contribution in [0, 0.1) is 5.82 Å². The van der Waals surface area contributed by atoms with Gasteiger partial charge in [-0.25, -0.2) is 32.3 Å². The van der Waals surface area contributed by atoms with Crippen LogP contribution in [0.15, 0.2) is 30.6 Å². The van der Waals surface area contributed by atoms with Gasteiger partial charge in [0.15, 0.2) is 5.82 Å². The molecule has 0 bridgehead atoms. The Morgan fingerprint density at radius 1 is 1.36 bits per heavy atom. The second-order valence-corrected chi connectivity index (χ2v) is 11.5. The normalized spacial score (nSPS) is 16.5. The van der Waals surface area contributed by atoms with E-state index in [4.69, 9.17) is 16.3 Å². The minimum absolute atomic E-state index is 0.0250. The third-order valence-corrected chi connectivity index (χ3v) is 7.03. The molecule has 1 fully saturated rings. The summed E-state index contributed by atoms with van der Waals surface area (Å²) >= 11 is 6.26. The summed E-state index contributed by atoms with van der Waals surface area (Å²) in [6.45, 7) is 2.55. The zero-order valence-electron chi connectivity index (χ0n) is 21.6. The molecule has 3 heterocycles. The topological polar surface area (TPSA) is 152 Å². The number of ether oxygens (including phenoxy) is 1. The number of carboxylic acid groups (broad SMARTS) is 1. The van der Waals surface area contributed by atoms with Crippen molar-refractivity contribution in [3.05, 3.63) is 41.4 Å². The predicted molar refractivity (Wildman–Crippen MR) is 145 cm³/mol. The lowest BCUT2D eigenvalue weighted by Gasteiger charge is -2.22. The zero-order valence-corrected chi connectivity index (χ0v) is 23.1. The number of halogens is 2. The van der Waals surface area contributed by atoms with E-state index in [1.54, 1.807) is 23.9 Å².